The number of hydrogen-bond acceptors (Lipinski definition) is 4. The number of anilines is 1. The predicted octanol–water partition coefficient (Wildman–Crippen LogP) is 4.14. The summed E-state index contributed by atoms with van der Waals surface area (Å²) in [6, 6.07) is 9.64. The summed E-state index contributed by atoms with van der Waals surface area (Å²) in [4.78, 5) is 12.1. The SMILES string of the molecule is Cn1c(SCC(=O)Nc2ccc(F)cc2Cl)nnc1-c1ccc(F)cc1. The molecule has 0 saturated carbocycles. The normalized spacial score (nSPS) is 10.8. The molecule has 1 heterocycles. The summed E-state index contributed by atoms with van der Waals surface area (Å²) in [5, 5.41) is 11.4. The Labute approximate surface area is 157 Å². The van der Waals surface area contributed by atoms with Gasteiger partial charge in [0, 0.05) is 12.6 Å². The van der Waals surface area contributed by atoms with Gasteiger partial charge in [-0.1, -0.05) is 23.4 Å². The van der Waals surface area contributed by atoms with Crippen LogP contribution in [-0.4, -0.2) is 26.4 Å². The Kier molecular flexibility index (Phi) is 5.53. The van der Waals surface area contributed by atoms with E-state index in [1.54, 1.807) is 23.7 Å². The molecule has 1 aromatic heterocycles. The van der Waals surface area contributed by atoms with Crippen LogP contribution in [0.5, 0.6) is 0 Å². The van der Waals surface area contributed by atoms with Crippen LogP contribution in [-0.2, 0) is 11.8 Å². The molecule has 0 aliphatic carbocycles. The Morgan fingerprint density at radius 1 is 1.15 bits per heavy atom. The summed E-state index contributed by atoms with van der Waals surface area (Å²) in [6.45, 7) is 0. The number of nitrogens with zero attached hydrogens (tertiary/aromatic N) is 3. The third-order valence-corrected chi connectivity index (χ3v) is 4.81. The Bertz CT molecular complexity index is 946. The molecule has 0 unspecified atom stereocenters. The molecule has 134 valence electrons. The minimum atomic E-state index is -0.477. The van der Waals surface area contributed by atoms with Crippen molar-refractivity contribution < 1.29 is 13.6 Å². The molecule has 5 nitrogen and oxygen atoms in total. The highest BCUT2D eigenvalue weighted by Crippen LogP contribution is 2.25. The Hall–Kier alpha value is -2.45. The fourth-order valence-corrected chi connectivity index (χ4v) is 3.12. The quantitative estimate of drug-likeness (QED) is 0.660. The Morgan fingerprint density at radius 3 is 2.54 bits per heavy atom. The van der Waals surface area contributed by atoms with Crippen LogP contribution in [0.15, 0.2) is 47.6 Å². The molecular weight excluding hydrogens is 382 g/mol. The maximum atomic E-state index is 13.0. The zero-order chi connectivity index (χ0) is 18.7. The number of nitrogens with one attached hydrogen (secondary N) is 1. The van der Waals surface area contributed by atoms with Crippen LogP contribution >= 0.6 is 23.4 Å². The van der Waals surface area contributed by atoms with Crippen molar-refractivity contribution in [1.29, 1.82) is 0 Å². The van der Waals surface area contributed by atoms with Gasteiger partial charge in [0.05, 0.1) is 16.5 Å². The second kappa shape index (κ2) is 7.84. The van der Waals surface area contributed by atoms with Crippen LogP contribution in [0.25, 0.3) is 11.4 Å². The fraction of sp³-hybridized carbons (Fsp3) is 0.118. The monoisotopic (exact) mass is 394 g/mol. The van der Waals surface area contributed by atoms with Crippen molar-refractivity contribution >= 4 is 35.0 Å². The molecule has 0 spiro atoms. The van der Waals surface area contributed by atoms with Crippen LogP contribution in [0.3, 0.4) is 0 Å². The van der Waals surface area contributed by atoms with Gasteiger partial charge in [0.25, 0.3) is 0 Å². The van der Waals surface area contributed by atoms with Gasteiger partial charge in [0.15, 0.2) is 11.0 Å². The molecule has 1 N–H and O–H groups in total. The van der Waals surface area contributed by atoms with Gasteiger partial charge < -0.3 is 9.88 Å². The fourth-order valence-electron chi connectivity index (χ4n) is 2.20. The lowest BCUT2D eigenvalue weighted by atomic mass is 10.2. The van der Waals surface area contributed by atoms with E-state index in [0.29, 0.717) is 16.7 Å². The van der Waals surface area contributed by atoms with E-state index in [2.05, 4.69) is 15.5 Å². The van der Waals surface area contributed by atoms with Gasteiger partial charge in [0.1, 0.15) is 11.6 Å². The molecule has 0 aliphatic rings. The van der Waals surface area contributed by atoms with Crippen molar-refractivity contribution in [1.82, 2.24) is 14.8 Å². The number of halogens is 3. The zero-order valence-corrected chi connectivity index (χ0v) is 15.1. The van der Waals surface area contributed by atoms with Crippen LogP contribution in [0, 0.1) is 11.6 Å². The van der Waals surface area contributed by atoms with Crippen LogP contribution < -0.4 is 5.32 Å². The predicted molar refractivity (Wildman–Crippen MR) is 97.2 cm³/mol. The first-order valence-electron chi connectivity index (χ1n) is 7.47. The smallest absolute Gasteiger partial charge is 0.234 e. The van der Waals surface area contributed by atoms with E-state index in [1.807, 2.05) is 0 Å². The van der Waals surface area contributed by atoms with E-state index < -0.39 is 5.82 Å². The third-order valence-electron chi connectivity index (χ3n) is 3.47. The number of thioether (sulfide) groups is 1. The number of rotatable bonds is 5. The molecule has 0 fully saturated rings. The van der Waals surface area contributed by atoms with Crippen LogP contribution in [0.4, 0.5) is 14.5 Å². The third kappa shape index (κ3) is 4.20. The van der Waals surface area contributed by atoms with Crippen molar-refractivity contribution in [2.45, 2.75) is 5.16 Å². The summed E-state index contributed by atoms with van der Waals surface area (Å²) >= 11 is 7.07. The van der Waals surface area contributed by atoms with E-state index in [1.165, 1.54) is 36.0 Å². The lowest BCUT2D eigenvalue weighted by Gasteiger charge is -2.07. The number of hydrogen-bond donors (Lipinski definition) is 1. The minimum absolute atomic E-state index is 0.0725. The molecule has 9 heteroatoms. The zero-order valence-electron chi connectivity index (χ0n) is 13.5. The maximum absolute atomic E-state index is 13.0. The van der Waals surface area contributed by atoms with Gasteiger partial charge in [-0.15, -0.1) is 10.2 Å². The second-order valence-corrected chi connectivity index (χ2v) is 6.68. The van der Waals surface area contributed by atoms with E-state index in [0.717, 1.165) is 11.6 Å². The summed E-state index contributed by atoms with van der Waals surface area (Å²) in [7, 11) is 1.76. The highest BCUT2D eigenvalue weighted by Gasteiger charge is 2.14. The molecule has 1 amide bonds. The first-order chi connectivity index (χ1) is 12.4. The molecule has 26 heavy (non-hydrogen) atoms. The van der Waals surface area contributed by atoms with E-state index in [9.17, 15) is 13.6 Å². The molecule has 3 rings (SSSR count). The van der Waals surface area contributed by atoms with Gasteiger partial charge in [-0.2, -0.15) is 0 Å². The van der Waals surface area contributed by atoms with Crippen molar-refractivity contribution in [2.24, 2.45) is 7.05 Å². The number of carbonyl (C=O) groups excluding carboxylic acids is 1. The number of benzene rings is 2. The summed E-state index contributed by atoms with van der Waals surface area (Å²) in [5.74, 6) is -0.482. The topological polar surface area (TPSA) is 59.8 Å². The summed E-state index contributed by atoms with van der Waals surface area (Å²) < 4.78 is 27.8. The average Bonchev–Trinajstić information content (AvgIpc) is 2.97. The van der Waals surface area contributed by atoms with Crippen molar-refractivity contribution in [3.05, 3.63) is 59.1 Å². The van der Waals surface area contributed by atoms with E-state index >= 15 is 0 Å². The highest BCUT2D eigenvalue weighted by molar-refractivity contribution is 7.99. The molecule has 0 radical (unpaired) electrons. The second-order valence-electron chi connectivity index (χ2n) is 5.33. The van der Waals surface area contributed by atoms with E-state index in [-0.39, 0.29) is 22.5 Å². The van der Waals surface area contributed by atoms with E-state index in [4.69, 9.17) is 11.6 Å². The number of amides is 1. The molecule has 3 aromatic rings. The maximum Gasteiger partial charge on any atom is 0.234 e. The first kappa shape index (κ1) is 18.3. The number of carbonyl (C=O) groups is 1. The minimum Gasteiger partial charge on any atom is -0.324 e. The van der Waals surface area contributed by atoms with Crippen molar-refractivity contribution in [3.63, 3.8) is 0 Å². The lowest BCUT2D eigenvalue weighted by Crippen LogP contribution is -2.14. The molecule has 0 aliphatic heterocycles. The van der Waals surface area contributed by atoms with Crippen LogP contribution in [0.1, 0.15) is 0 Å². The molecule has 0 atom stereocenters. The van der Waals surface area contributed by atoms with Crippen LogP contribution in [0.2, 0.25) is 5.02 Å². The summed E-state index contributed by atoms with van der Waals surface area (Å²) in [6.07, 6.45) is 0. The molecule has 2 aromatic carbocycles. The molecular formula is C17H13ClF2N4OS. The van der Waals surface area contributed by atoms with Gasteiger partial charge in [-0.3, -0.25) is 4.79 Å². The highest BCUT2D eigenvalue weighted by atomic mass is 35.5. The van der Waals surface area contributed by atoms with Gasteiger partial charge in [0.2, 0.25) is 5.91 Å². The number of aromatic nitrogens is 3. The Balaban J connectivity index is 1.64. The van der Waals surface area contributed by atoms with Crippen molar-refractivity contribution in [3.8, 4) is 11.4 Å². The lowest BCUT2D eigenvalue weighted by molar-refractivity contribution is -0.113. The van der Waals surface area contributed by atoms with Crippen molar-refractivity contribution in [2.75, 3.05) is 11.1 Å². The molecule has 0 bridgehead atoms. The summed E-state index contributed by atoms with van der Waals surface area (Å²) in [5.41, 5.74) is 1.06. The largest absolute Gasteiger partial charge is 0.324 e. The van der Waals surface area contributed by atoms with Gasteiger partial charge in [-0.25, -0.2) is 8.78 Å². The van der Waals surface area contributed by atoms with Gasteiger partial charge >= 0.3 is 0 Å². The molecule has 0 saturated heterocycles. The first-order valence-corrected chi connectivity index (χ1v) is 8.83. The average molecular weight is 395 g/mol. The van der Waals surface area contributed by atoms with Gasteiger partial charge in [-0.05, 0) is 42.5 Å². The standard InChI is InChI=1S/C17H13ClF2N4OS/c1-24-16(10-2-4-11(19)5-3-10)22-23-17(24)26-9-15(25)21-14-7-6-12(20)8-13(14)18/h2-8H,9H2,1H3,(H,21,25). The Morgan fingerprint density at radius 2 is 1.85 bits per heavy atom.